The molecule has 0 radical (unpaired) electrons. The average Bonchev–Trinajstić information content (AvgIpc) is 3.32. The molecule has 3 N–H and O–H groups in total. The predicted molar refractivity (Wildman–Crippen MR) is 127 cm³/mol. The van der Waals surface area contributed by atoms with E-state index in [9.17, 15) is 10.5 Å². The number of pyridine rings is 2. The number of aromatic nitrogens is 3. The number of methoxy groups -OCH3 is 1. The van der Waals surface area contributed by atoms with Crippen molar-refractivity contribution in [2.24, 2.45) is 0 Å². The van der Waals surface area contributed by atoms with E-state index in [-0.39, 0.29) is 11.4 Å². The number of ether oxygens (including phenoxy) is 2. The first-order chi connectivity index (χ1) is 16.2. The number of H-pyrrole nitrogens is 1. The van der Waals surface area contributed by atoms with Gasteiger partial charge in [0.15, 0.2) is 0 Å². The van der Waals surface area contributed by atoms with Crippen molar-refractivity contribution in [1.29, 1.82) is 10.5 Å². The van der Waals surface area contributed by atoms with E-state index in [1.807, 2.05) is 18.3 Å². The molecule has 0 saturated carbocycles. The summed E-state index contributed by atoms with van der Waals surface area (Å²) in [6, 6.07) is 15.4. The second-order valence-corrected chi connectivity index (χ2v) is 7.97. The molecular formula is C24H20N6O2S. The van der Waals surface area contributed by atoms with Gasteiger partial charge in [0.2, 0.25) is 0 Å². The lowest BCUT2D eigenvalue weighted by atomic mass is 9.97. The van der Waals surface area contributed by atoms with Crippen LogP contribution in [0.25, 0.3) is 22.0 Å². The molecule has 0 aliphatic carbocycles. The standard InChI is InChI=1S/C24H20N6O2S/c1-31-10-11-32-16-4-2-15(3-5-16)22-18(12-25)23(27)30-24(19(22)13-26)33-14-21-17-6-8-28-20(17)7-9-29-21/h2-9,28H,10-11,14H2,1H3,(H2,27,30). The van der Waals surface area contributed by atoms with E-state index in [0.717, 1.165) is 16.6 Å². The Morgan fingerprint density at radius 3 is 2.58 bits per heavy atom. The highest BCUT2D eigenvalue weighted by molar-refractivity contribution is 7.98. The molecule has 0 fully saturated rings. The molecule has 8 nitrogen and oxygen atoms in total. The molecule has 4 aromatic rings. The summed E-state index contributed by atoms with van der Waals surface area (Å²) in [6.45, 7) is 0.902. The number of nitrogens with two attached hydrogens (primary N) is 1. The molecule has 164 valence electrons. The molecule has 9 heteroatoms. The molecule has 0 bridgehead atoms. The normalized spacial score (nSPS) is 10.6. The second kappa shape index (κ2) is 10.0. The predicted octanol–water partition coefficient (Wildman–Crippen LogP) is 4.27. The van der Waals surface area contributed by atoms with Crippen molar-refractivity contribution in [3.8, 4) is 29.0 Å². The highest BCUT2D eigenvalue weighted by atomic mass is 32.2. The zero-order chi connectivity index (χ0) is 23.2. The van der Waals surface area contributed by atoms with Crippen molar-refractivity contribution >= 4 is 28.5 Å². The molecule has 0 saturated heterocycles. The summed E-state index contributed by atoms with van der Waals surface area (Å²) in [7, 11) is 1.61. The van der Waals surface area contributed by atoms with Crippen LogP contribution in [0, 0.1) is 22.7 Å². The number of nitrogen functional groups attached to an aromatic ring is 1. The van der Waals surface area contributed by atoms with Crippen molar-refractivity contribution < 1.29 is 9.47 Å². The summed E-state index contributed by atoms with van der Waals surface area (Å²) < 4.78 is 10.6. The second-order valence-electron chi connectivity index (χ2n) is 7.00. The third kappa shape index (κ3) is 4.60. The molecule has 0 unspecified atom stereocenters. The summed E-state index contributed by atoms with van der Waals surface area (Å²) in [6.07, 6.45) is 3.60. The molecule has 0 aliphatic rings. The van der Waals surface area contributed by atoms with Gasteiger partial charge in [-0.15, -0.1) is 0 Å². The van der Waals surface area contributed by atoms with Crippen LogP contribution in [0.3, 0.4) is 0 Å². The molecule has 4 rings (SSSR count). The van der Waals surface area contributed by atoms with Crippen LogP contribution >= 0.6 is 11.8 Å². The number of thioether (sulfide) groups is 1. The van der Waals surface area contributed by atoms with Gasteiger partial charge in [0, 0.05) is 41.7 Å². The Balaban J connectivity index is 1.69. The van der Waals surface area contributed by atoms with Crippen molar-refractivity contribution in [2.45, 2.75) is 10.8 Å². The highest BCUT2D eigenvalue weighted by Gasteiger charge is 2.21. The minimum Gasteiger partial charge on any atom is -0.491 e. The van der Waals surface area contributed by atoms with E-state index in [0.29, 0.717) is 46.4 Å². The van der Waals surface area contributed by atoms with Crippen LogP contribution in [-0.2, 0) is 10.5 Å². The Labute approximate surface area is 195 Å². The number of nitrogens with zero attached hydrogens (tertiary/aromatic N) is 4. The summed E-state index contributed by atoms with van der Waals surface area (Å²) >= 11 is 1.36. The number of hydrogen-bond acceptors (Lipinski definition) is 8. The lowest BCUT2D eigenvalue weighted by Gasteiger charge is -2.14. The minimum atomic E-state index is 0.0854. The van der Waals surface area contributed by atoms with E-state index in [1.54, 1.807) is 37.6 Å². The number of nitriles is 2. The number of aromatic amines is 1. The first-order valence-corrected chi connectivity index (χ1v) is 11.0. The molecule has 33 heavy (non-hydrogen) atoms. The Hall–Kier alpha value is -4.05. The summed E-state index contributed by atoms with van der Waals surface area (Å²) in [4.78, 5) is 12.0. The average molecular weight is 457 g/mol. The van der Waals surface area contributed by atoms with Gasteiger partial charge in [0.25, 0.3) is 0 Å². The zero-order valence-corrected chi connectivity index (χ0v) is 18.6. The maximum absolute atomic E-state index is 9.99. The van der Waals surface area contributed by atoms with Crippen LogP contribution in [0.5, 0.6) is 5.75 Å². The number of rotatable bonds is 8. The Kier molecular flexibility index (Phi) is 6.75. The molecular weight excluding hydrogens is 436 g/mol. The van der Waals surface area contributed by atoms with Crippen LogP contribution < -0.4 is 10.5 Å². The smallest absolute Gasteiger partial charge is 0.143 e. The van der Waals surface area contributed by atoms with Crippen LogP contribution in [-0.4, -0.2) is 35.3 Å². The fourth-order valence-corrected chi connectivity index (χ4v) is 4.41. The van der Waals surface area contributed by atoms with Gasteiger partial charge in [-0.1, -0.05) is 23.9 Å². The van der Waals surface area contributed by atoms with Crippen molar-refractivity contribution in [1.82, 2.24) is 15.0 Å². The number of benzene rings is 1. The van der Waals surface area contributed by atoms with Gasteiger partial charge in [0.05, 0.1) is 17.9 Å². The summed E-state index contributed by atoms with van der Waals surface area (Å²) in [5.74, 6) is 1.24. The molecule has 0 amide bonds. The van der Waals surface area contributed by atoms with Gasteiger partial charge in [-0.2, -0.15) is 10.5 Å². The molecule has 3 heterocycles. The first-order valence-electron chi connectivity index (χ1n) is 10.1. The van der Waals surface area contributed by atoms with E-state index >= 15 is 0 Å². The highest BCUT2D eigenvalue weighted by Crippen LogP contribution is 2.37. The lowest BCUT2D eigenvalue weighted by Crippen LogP contribution is -2.05. The molecule has 3 aromatic heterocycles. The van der Waals surface area contributed by atoms with Crippen LogP contribution in [0.4, 0.5) is 5.82 Å². The summed E-state index contributed by atoms with van der Waals surface area (Å²) in [5, 5.41) is 21.2. The number of nitrogens with one attached hydrogen (secondary N) is 1. The van der Waals surface area contributed by atoms with Gasteiger partial charge >= 0.3 is 0 Å². The Bertz CT molecular complexity index is 1370. The van der Waals surface area contributed by atoms with Gasteiger partial charge < -0.3 is 20.2 Å². The maximum Gasteiger partial charge on any atom is 0.143 e. The fraction of sp³-hybridized carbons (Fsp3) is 0.167. The van der Waals surface area contributed by atoms with Crippen LogP contribution in [0.15, 0.2) is 53.8 Å². The van der Waals surface area contributed by atoms with Crippen molar-refractivity contribution in [2.75, 3.05) is 26.1 Å². The largest absolute Gasteiger partial charge is 0.491 e. The zero-order valence-electron chi connectivity index (χ0n) is 17.8. The van der Waals surface area contributed by atoms with Gasteiger partial charge in [-0.3, -0.25) is 4.98 Å². The quantitative estimate of drug-likeness (QED) is 0.297. The fourth-order valence-electron chi connectivity index (χ4n) is 3.45. The SMILES string of the molecule is COCCOc1ccc(-c2c(C#N)c(N)nc(SCc3nccc4[nH]ccc34)c2C#N)cc1. The minimum absolute atomic E-state index is 0.0854. The monoisotopic (exact) mass is 456 g/mol. The van der Waals surface area contributed by atoms with E-state index < -0.39 is 0 Å². The number of anilines is 1. The van der Waals surface area contributed by atoms with Gasteiger partial charge in [0.1, 0.15) is 40.9 Å². The van der Waals surface area contributed by atoms with Crippen LogP contribution in [0.1, 0.15) is 16.8 Å². The van der Waals surface area contributed by atoms with Gasteiger partial charge in [-0.05, 0) is 29.8 Å². The van der Waals surface area contributed by atoms with E-state index in [1.165, 1.54) is 11.8 Å². The third-order valence-electron chi connectivity index (χ3n) is 5.02. The lowest BCUT2D eigenvalue weighted by molar-refractivity contribution is 0.146. The number of fused-ring (bicyclic) bond motifs is 1. The molecule has 0 atom stereocenters. The Morgan fingerprint density at radius 1 is 1.06 bits per heavy atom. The first kappa shape index (κ1) is 22.2. The maximum atomic E-state index is 9.99. The van der Waals surface area contributed by atoms with Crippen molar-refractivity contribution in [3.63, 3.8) is 0 Å². The molecule has 0 spiro atoms. The van der Waals surface area contributed by atoms with E-state index in [4.69, 9.17) is 15.2 Å². The van der Waals surface area contributed by atoms with Crippen LogP contribution in [0.2, 0.25) is 0 Å². The van der Waals surface area contributed by atoms with Crippen molar-refractivity contribution in [3.05, 3.63) is 65.6 Å². The molecule has 1 aromatic carbocycles. The van der Waals surface area contributed by atoms with Gasteiger partial charge in [-0.25, -0.2) is 4.98 Å². The Morgan fingerprint density at radius 2 is 1.85 bits per heavy atom. The topological polar surface area (TPSA) is 134 Å². The van der Waals surface area contributed by atoms with E-state index in [2.05, 4.69) is 27.1 Å². The third-order valence-corrected chi connectivity index (χ3v) is 6.01. The number of hydrogen-bond donors (Lipinski definition) is 2. The molecule has 0 aliphatic heterocycles. The summed E-state index contributed by atoms with van der Waals surface area (Å²) in [5.41, 5.74) is 9.62.